The maximum Gasteiger partial charge on any atom is 6.00 e. The first-order valence-corrected chi connectivity index (χ1v) is 0. The van der Waals surface area contributed by atoms with Crippen molar-refractivity contribution >= 4 is 8.41 Å². The molecule has 0 heterocycles. The summed E-state index contributed by atoms with van der Waals surface area (Å²) in [5.41, 5.74) is 0. The molecular formula is BN2U2. The summed E-state index contributed by atoms with van der Waals surface area (Å²) in [6.07, 6.45) is 0. The molecular weight excluding hydrogens is 515 g/mol. The van der Waals surface area contributed by atoms with Crippen molar-refractivity contribution < 1.29 is 62.2 Å². The number of hydrogen-bond donors (Lipinski definition) is 0. The standard InChI is InChI=1S/B.2N.2U/q;2*-3;;+6. The molecule has 0 unspecified atom stereocenters. The van der Waals surface area contributed by atoms with E-state index in [9.17, 15) is 0 Å². The van der Waals surface area contributed by atoms with Gasteiger partial charge in [-0.2, -0.15) is 0 Å². The number of hydrogen-bond acceptors (Lipinski definition) is 0. The van der Waals surface area contributed by atoms with Gasteiger partial charge in [-0.25, -0.2) is 0 Å². The minimum Gasteiger partial charge on any atom is -3.00 e. The first kappa shape index (κ1) is 60.2. The summed E-state index contributed by atoms with van der Waals surface area (Å²) >= 11 is 0. The van der Waals surface area contributed by atoms with Crippen LogP contribution in [-0.2, 0) is 0 Å². The van der Waals surface area contributed by atoms with Gasteiger partial charge < -0.3 is 12.3 Å². The Morgan fingerprint density at radius 2 is 0.800 bits per heavy atom. The van der Waals surface area contributed by atoms with Gasteiger partial charge in [-0.15, -0.1) is 0 Å². The summed E-state index contributed by atoms with van der Waals surface area (Å²) < 4.78 is 0. The van der Waals surface area contributed by atoms with Crippen LogP contribution < -0.4 is 0 Å². The van der Waals surface area contributed by atoms with Crippen molar-refractivity contribution in [3.05, 3.63) is 12.3 Å². The Bertz CT molecular complexity index is 7.61. The molecule has 2 nitrogen and oxygen atoms in total. The quantitative estimate of drug-likeness (QED) is 0.415. The van der Waals surface area contributed by atoms with Crippen LogP contribution in [0.5, 0.6) is 0 Å². The van der Waals surface area contributed by atoms with Crippen LogP contribution in [0.25, 0.3) is 12.3 Å². The third kappa shape index (κ3) is 23.3. The molecule has 0 saturated carbocycles. The van der Waals surface area contributed by atoms with Crippen LogP contribution in [0.2, 0.25) is 0 Å². The molecule has 0 amide bonds. The van der Waals surface area contributed by atoms with Crippen molar-refractivity contribution in [1.29, 1.82) is 0 Å². The van der Waals surface area contributed by atoms with Crippen LogP contribution in [0.3, 0.4) is 0 Å². The molecule has 0 bridgehead atoms. The van der Waals surface area contributed by atoms with Gasteiger partial charge in [-0.3, -0.25) is 0 Å². The smallest absolute Gasteiger partial charge is 3.00 e. The summed E-state index contributed by atoms with van der Waals surface area (Å²) in [5.74, 6) is 0. The molecule has 0 aromatic heterocycles. The van der Waals surface area contributed by atoms with E-state index in [-0.39, 0.29) is 82.9 Å². The Morgan fingerprint density at radius 1 is 0.800 bits per heavy atom. The summed E-state index contributed by atoms with van der Waals surface area (Å²) in [5, 5.41) is 0. The summed E-state index contributed by atoms with van der Waals surface area (Å²) in [6.45, 7) is 0. The zero-order chi connectivity index (χ0) is 0. The van der Waals surface area contributed by atoms with Crippen LogP contribution >= 0.6 is 0 Å². The molecule has 0 fully saturated rings. The van der Waals surface area contributed by atoms with Crippen LogP contribution in [0.1, 0.15) is 0 Å². The molecule has 0 N–H and O–H groups in total. The summed E-state index contributed by atoms with van der Waals surface area (Å²) in [4.78, 5) is 0. The fraction of sp³-hybridized carbons (Fsp3) is 0. The molecule has 3 radical (unpaired) electrons. The van der Waals surface area contributed by atoms with Crippen LogP contribution in [0.15, 0.2) is 0 Å². The van der Waals surface area contributed by atoms with Crippen LogP contribution in [0.4, 0.5) is 0 Å². The van der Waals surface area contributed by atoms with E-state index in [1.807, 2.05) is 0 Å². The van der Waals surface area contributed by atoms with E-state index in [0.717, 1.165) is 0 Å². The average Bonchev–Trinajstić information content (AvgIpc) is 0. The normalized spacial score (nSPS) is 0. The molecule has 0 aromatic rings. The average molecular weight is 515 g/mol. The molecule has 5 heavy (non-hydrogen) atoms. The minimum absolute atomic E-state index is 0. The second-order valence-corrected chi connectivity index (χ2v) is 0. The maximum atomic E-state index is 0. The molecule has 21 valence electrons. The van der Waals surface area contributed by atoms with E-state index in [1.54, 1.807) is 0 Å². The molecule has 0 rings (SSSR count). The van der Waals surface area contributed by atoms with E-state index in [2.05, 4.69) is 0 Å². The Hall–Kier alpha value is 2.09. The third-order valence-corrected chi connectivity index (χ3v) is 0. The van der Waals surface area contributed by atoms with Crippen molar-refractivity contribution in [2.75, 3.05) is 0 Å². The monoisotopic (exact) mass is 515 g/mol. The summed E-state index contributed by atoms with van der Waals surface area (Å²) in [7, 11) is 0. The van der Waals surface area contributed by atoms with Crippen molar-refractivity contribution in [3.63, 3.8) is 0 Å². The number of rotatable bonds is 0. The van der Waals surface area contributed by atoms with Gasteiger partial charge in [-0.05, 0) is 0 Å². The van der Waals surface area contributed by atoms with Crippen molar-refractivity contribution in [2.45, 2.75) is 0 Å². The van der Waals surface area contributed by atoms with E-state index < -0.39 is 0 Å². The van der Waals surface area contributed by atoms with E-state index >= 15 is 0 Å². The van der Waals surface area contributed by atoms with Gasteiger partial charge >= 0.3 is 31.1 Å². The predicted molar refractivity (Wildman–Crippen MR) is 12.5 cm³/mol. The first-order valence-electron chi connectivity index (χ1n) is 0. The van der Waals surface area contributed by atoms with Crippen molar-refractivity contribution in [3.8, 4) is 0 Å². The number of nitrogens with zero attached hydrogens (tertiary/aromatic N) is 2. The third-order valence-electron chi connectivity index (χ3n) is 0. The molecule has 0 aromatic carbocycles. The Balaban J connectivity index is 0. The fourth-order valence-corrected chi connectivity index (χ4v) is 0. The predicted octanol–water partition coefficient (Wildman–Crippen LogP) is 0.197. The topological polar surface area (TPSA) is 61.0 Å². The van der Waals surface area contributed by atoms with E-state index in [4.69, 9.17) is 0 Å². The maximum absolute atomic E-state index is 0. The minimum atomic E-state index is 0. The van der Waals surface area contributed by atoms with Crippen molar-refractivity contribution in [2.24, 2.45) is 0 Å². The molecule has 0 aliphatic rings. The molecule has 0 aliphatic carbocycles. The van der Waals surface area contributed by atoms with Gasteiger partial charge in [0.2, 0.25) is 0 Å². The molecule has 5 heteroatoms. The second-order valence-electron chi connectivity index (χ2n) is 0. The van der Waals surface area contributed by atoms with Crippen LogP contribution in [0, 0.1) is 62.2 Å². The Morgan fingerprint density at radius 3 is 0.800 bits per heavy atom. The second kappa shape index (κ2) is 36.1. The SMILES string of the molecule is [B].[N-3].[N-3].[U+6].[U]. The fourth-order valence-electron chi connectivity index (χ4n) is 0. The van der Waals surface area contributed by atoms with Gasteiger partial charge in [0.15, 0.2) is 0 Å². The van der Waals surface area contributed by atoms with Gasteiger partial charge in [0.05, 0.1) is 0 Å². The molecule has 0 saturated heterocycles. The van der Waals surface area contributed by atoms with E-state index in [1.165, 1.54) is 0 Å². The zero-order valence-corrected chi connectivity index (χ0v) is 10.8. The van der Waals surface area contributed by atoms with Gasteiger partial charge in [0.25, 0.3) is 0 Å². The van der Waals surface area contributed by atoms with E-state index in [0.29, 0.717) is 0 Å². The Kier molecular flexibility index (Phi) is 435. The molecule has 0 atom stereocenters. The van der Waals surface area contributed by atoms with Gasteiger partial charge in [0.1, 0.15) is 0 Å². The van der Waals surface area contributed by atoms with Gasteiger partial charge in [0, 0.05) is 39.5 Å². The summed E-state index contributed by atoms with van der Waals surface area (Å²) in [6, 6.07) is 0. The largest absolute Gasteiger partial charge is 6.00 e. The first-order chi connectivity index (χ1) is 0. The van der Waals surface area contributed by atoms with Gasteiger partial charge in [-0.1, -0.05) is 0 Å². The van der Waals surface area contributed by atoms with Crippen LogP contribution in [-0.4, -0.2) is 8.41 Å². The zero-order valence-electron chi connectivity index (χ0n) is 2.47. The Labute approximate surface area is 81.7 Å². The molecule has 0 aliphatic heterocycles. The molecule has 0 spiro atoms. The van der Waals surface area contributed by atoms with Crippen molar-refractivity contribution in [1.82, 2.24) is 0 Å².